The van der Waals surface area contributed by atoms with E-state index in [0.717, 1.165) is 16.5 Å². The van der Waals surface area contributed by atoms with Gasteiger partial charge in [0.05, 0.1) is 16.2 Å². The van der Waals surface area contributed by atoms with Crippen LogP contribution in [0.4, 0.5) is 5.69 Å². The Bertz CT molecular complexity index is 509. The molecule has 2 nitrogen and oxygen atoms in total. The summed E-state index contributed by atoms with van der Waals surface area (Å²) in [5.74, 6) is 0. The van der Waals surface area contributed by atoms with Crippen LogP contribution in [-0.4, -0.2) is 4.98 Å². The second-order valence-electron chi connectivity index (χ2n) is 3.12. The number of fused-ring (bicyclic) bond motifs is 1. The van der Waals surface area contributed by atoms with Gasteiger partial charge < -0.3 is 5.73 Å². The maximum Gasteiger partial charge on any atom is 0.129 e. The molecule has 1 heterocycles. The van der Waals surface area contributed by atoms with Crippen LogP contribution < -0.4 is 5.73 Å². The summed E-state index contributed by atoms with van der Waals surface area (Å²) in [4.78, 5) is 4.20. The van der Waals surface area contributed by atoms with E-state index in [-0.39, 0.29) is 0 Å². The summed E-state index contributed by atoms with van der Waals surface area (Å²) in [6.45, 7) is 1.93. The Morgan fingerprint density at radius 1 is 1.29 bits per heavy atom. The molecule has 1 aromatic carbocycles. The SMILES string of the molecule is Cc1cc(Cl)c(N)c2ccc(Cl)nc12. The lowest BCUT2D eigenvalue weighted by Gasteiger charge is -2.06. The summed E-state index contributed by atoms with van der Waals surface area (Å²) in [7, 11) is 0. The quantitative estimate of drug-likeness (QED) is 0.553. The second kappa shape index (κ2) is 3.30. The number of nitrogens with two attached hydrogens (primary N) is 1. The van der Waals surface area contributed by atoms with Crippen molar-refractivity contribution in [3.63, 3.8) is 0 Å². The molecule has 14 heavy (non-hydrogen) atoms. The van der Waals surface area contributed by atoms with Crippen molar-refractivity contribution in [2.45, 2.75) is 6.92 Å². The average Bonchev–Trinajstić information content (AvgIpc) is 2.14. The van der Waals surface area contributed by atoms with Crippen LogP contribution in [0.5, 0.6) is 0 Å². The molecule has 0 spiro atoms. The van der Waals surface area contributed by atoms with E-state index in [0.29, 0.717) is 15.9 Å². The number of pyridine rings is 1. The highest BCUT2D eigenvalue weighted by Gasteiger charge is 2.07. The molecule has 4 heteroatoms. The molecule has 1 aromatic heterocycles. The Balaban J connectivity index is 2.94. The van der Waals surface area contributed by atoms with Crippen molar-refractivity contribution in [1.82, 2.24) is 4.98 Å². The molecule has 2 rings (SSSR count). The zero-order valence-corrected chi connectivity index (χ0v) is 9.02. The third kappa shape index (κ3) is 1.41. The van der Waals surface area contributed by atoms with Crippen LogP contribution in [0.2, 0.25) is 10.2 Å². The first-order valence-electron chi connectivity index (χ1n) is 4.10. The number of hydrogen-bond acceptors (Lipinski definition) is 2. The predicted octanol–water partition coefficient (Wildman–Crippen LogP) is 3.43. The van der Waals surface area contributed by atoms with Gasteiger partial charge in [0.1, 0.15) is 5.15 Å². The normalized spacial score (nSPS) is 10.8. The predicted molar refractivity (Wildman–Crippen MR) is 60.9 cm³/mol. The number of anilines is 1. The van der Waals surface area contributed by atoms with E-state index >= 15 is 0 Å². The monoisotopic (exact) mass is 226 g/mol. The van der Waals surface area contributed by atoms with Crippen LogP contribution in [0, 0.1) is 6.92 Å². The molecule has 0 atom stereocenters. The van der Waals surface area contributed by atoms with E-state index in [2.05, 4.69) is 4.98 Å². The van der Waals surface area contributed by atoms with Crippen molar-refractivity contribution < 1.29 is 0 Å². The Kier molecular flexibility index (Phi) is 2.25. The van der Waals surface area contributed by atoms with E-state index in [1.54, 1.807) is 12.1 Å². The van der Waals surface area contributed by atoms with Crippen molar-refractivity contribution in [3.05, 3.63) is 33.9 Å². The third-order valence-electron chi connectivity index (χ3n) is 2.13. The third-order valence-corrected chi connectivity index (χ3v) is 2.65. The fraction of sp³-hybridized carbons (Fsp3) is 0.100. The molecule has 0 saturated heterocycles. The van der Waals surface area contributed by atoms with Gasteiger partial charge in [-0.2, -0.15) is 0 Å². The van der Waals surface area contributed by atoms with Gasteiger partial charge in [-0.25, -0.2) is 4.98 Å². The van der Waals surface area contributed by atoms with Crippen molar-refractivity contribution in [2.75, 3.05) is 5.73 Å². The van der Waals surface area contributed by atoms with E-state index in [4.69, 9.17) is 28.9 Å². The van der Waals surface area contributed by atoms with Gasteiger partial charge >= 0.3 is 0 Å². The highest BCUT2D eigenvalue weighted by molar-refractivity contribution is 6.35. The summed E-state index contributed by atoms with van der Waals surface area (Å²) in [5.41, 5.74) is 8.15. The minimum Gasteiger partial charge on any atom is -0.397 e. The van der Waals surface area contributed by atoms with Crippen molar-refractivity contribution in [3.8, 4) is 0 Å². The lowest BCUT2D eigenvalue weighted by Crippen LogP contribution is -1.92. The van der Waals surface area contributed by atoms with Gasteiger partial charge in [-0.15, -0.1) is 0 Å². The van der Waals surface area contributed by atoms with Crippen LogP contribution in [-0.2, 0) is 0 Å². The Morgan fingerprint density at radius 2 is 2.00 bits per heavy atom. The van der Waals surface area contributed by atoms with Crippen molar-refractivity contribution in [2.24, 2.45) is 0 Å². The van der Waals surface area contributed by atoms with Crippen LogP contribution in [0.25, 0.3) is 10.9 Å². The Morgan fingerprint density at radius 3 is 2.71 bits per heavy atom. The molecule has 0 amide bonds. The van der Waals surface area contributed by atoms with E-state index in [1.807, 2.05) is 13.0 Å². The van der Waals surface area contributed by atoms with E-state index in [9.17, 15) is 0 Å². The molecule has 0 radical (unpaired) electrons. The van der Waals surface area contributed by atoms with Gasteiger partial charge in [0.2, 0.25) is 0 Å². The molecular formula is C10H8Cl2N2. The number of nitrogen functional groups attached to an aromatic ring is 1. The molecule has 0 saturated carbocycles. The zero-order valence-electron chi connectivity index (χ0n) is 7.51. The smallest absolute Gasteiger partial charge is 0.129 e. The summed E-state index contributed by atoms with van der Waals surface area (Å²) < 4.78 is 0. The van der Waals surface area contributed by atoms with Crippen LogP contribution in [0.15, 0.2) is 18.2 Å². The number of hydrogen-bond donors (Lipinski definition) is 1. The number of benzene rings is 1. The first-order valence-corrected chi connectivity index (χ1v) is 4.86. The summed E-state index contributed by atoms with van der Waals surface area (Å²) in [6, 6.07) is 5.33. The largest absolute Gasteiger partial charge is 0.397 e. The number of nitrogens with zero attached hydrogens (tertiary/aromatic N) is 1. The number of aryl methyl sites for hydroxylation is 1. The number of aromatic nitrogens is 1. The topological polar surface area (TPSA) is 38.9 Å². The van der Waals surface area contributed by atoms with E-state index in [1.165, 1.54) is 0 Å². The molecule has 0 aliphatic heterocycles. The van der Waals surface area contributed by atoms with Gasteiger partial charge in [-0.05, 0) is 30.7 Å². The number of rotatable bonds is 0. The second-order valence-corrected chi connectivity index (χ2v) is 3.91. The highest BCUT2D eigenvalue weighted by atomic mass is 35.5. The fourth-order valence-corrected chi connectivity index (χ4v) is 1.83. The van der Waals surface area contributed by atoms with Gasteiger partial charge in [-0.1, -0.05) is 23.2 Å². The van der Waals surface area contributed by atoms with Gasteiger partial charge in [0, 0.05) is 5.39 Å². The molecule has 72 valence electrons. The van der Waals surface area contributed by atoms with Crippen LogP contribution >= 0.6 is 23.2 Å². The first-order chi connectivity index (χ1) is 6.59. The van der Waals surface area contributed by atoms with E-state index < -0.39 is 0 Å². The molecule has 0 fully saturated rings. The summed E-state index contributed by atoms with van der Waals surface area (Å²) in [6.07, 6.45) is 0. The number of halogens is 2. The zero-order chi connectivity index (χ0) is 10.3. The molecule has 2 aromatic rings. The molecule has 0 unspecified atom stereocenters. The van der Waals surface area contributed by atoms with Gasteiger partial charge in [0.25, 0.3) is 0 Å². The van der Waals surface area contributed by atoms with Gasteiger partial charge in [0.15, 0.2) is 0 Å². The van der Waals surface area contributed by atoms with Crippen molar-refractivity contribution in [1.29, 1.82) is 0 Å². The molecule has 0 aliphatic carbocycles. The maximum absolute atomic E-state index is 5.95. The fourth-order valence-electron chi connectivity index (χ4n) is 1.42. The maximum atomic E-state index is 5.95. The summed E-state index contributed by atoms with van der Waals surface area (Å²) in [5, 5.41) is 1.86. The average molecular weight is 227 g/mol. The Labute approximate surface area is 91.6 Å². The van der Waals surface area contributed by atoms with Crippen LogP contribution in [0.3, 0.4) is 0 Å². The van der Waals surface area contributed by atoms with Crippen molar-refractivity contribution >= 4 is 39.8 Å². The standard InChI is InChI=1S/C10H8Cl2N2/c1-5-4-7(11)9(13)6-2-3-8(12)14-10(5)6/h2-4H,13H2,1H3. The lowest BCUT2D eigenvalue weighted by atomic mass is 10.1. The van der Waals surface area contributed by atoms with Gasteiger partial charge in [-0.3, -0.25) is 0 Å². The van der Waals surface area contributed by atoms with Crippen LogP contribution in [0.1, 0.15) is 5.56 Å². The molecular weight excluding hydrogens is 219 g/mol. The molecule has 0 aliphatic rings. The molecule has 2 N–H and O–H groups in total. The lowest BCUT2D eigenvalue weighted by molar-refractivity contribution is 1.37. The highest BCUT2D eigenvalue weighted by Crippen LogP contribution is 2.30. The minimum absolute atomic E-state index is 0.460. The first kappa shape index (κ1) is 9.56. The minimum atomic E-state index is 0.460. The molecule has 0 bridgehead atoms. The summed E-state index contributed by atoms with van der Waals surface area (Å²) >= 11 is 11.7. The Hall–Kier alpha value is -0.990.